The summed E-state index contributed by atoms with van der Waals surface area (Å²) in [6, 6.07) is 0. The van der Waals surface area contributed by atoms with E-state index in [4.69, 9.17) is 0 Å². The van der Waals surface area contributed by atoms with Crippen molar-refractivity contribution in [2.24, 2.45) is 5.92 Å². The molecule has 1 saturated carbocycles. The Morgan fingerprint density at radius 3 is 3.07 bits per heavy atom. The van der Waals surface area contributed by atoms with Crippen molar-refractivity contribution in [3.05, 3.63) is 21.7 Å². The number of anilines is 1. The van der Waals surface area contributed by atoms with Crippen LogP contribution in [0.5, 0.6) is 0 Å². The van der Waals surface area contributed by atoms with Gasteiger partial charge in [0.15, 0.2) is 0 Å². The van der Waals surface area contributed by atoms with Gasteiger partial charge in [-0.1, -0.05) is 0 Å². The zero-order valence-electron chi connectivity index (χ0n) is 8.47. The summed E-state index contributed by atoms with van der Waals surface area (Å²) in [7, 11) is 0. The predicted molar refractivity (Wildman–Crippen MR) is 56.6 cm³/mol. The van der Waals surface area contributed by atoms with E-state index < -0.39 is 0 Å². The topological polar surface area (TPSA) is 69.8 Å². The Hall–Kier alpha value is -1.36. The molecule has 0 spiro atoms. The average Bonchev–Trinajstić information content (AvgIpc) is 2.92. The lowest BCUT2D eigenvalue weighted by Crippen LogP contribution is -2.18. The van der Waals surface area contributed by atoms with Gasteiger partial charge in [-0.15, -0.1) is 0 Å². The Balaban J connectivity index is 1.87. The molecule has 0 amide bonds. The first-order valence-electron chi connectivity index (χ1n) is 5.39. The zero-order chi connectivity index (χ0) is 10.3. The molecule has 1 aliphatic carbocycles. The standard InChI is InChI=1S/C10H14N4O/c15-10-13-8-5-11-4-7(8)9(14-10)12-3-6-1-2-6/h6,11H,1-5H2,(H2,12,13,14,15). The van der Waals surface area contributed by atoms with E-state index >= 15 is 0 Å². The van der Waals surface area contributed by atoms with Crippen LogP contribution in [0, 0.1) is 5.92 Å². The second-order valence-corrected chi connectivity index (χ2v) is 4.28. The number of aromatic amines is 1. The van der Waals surface area contributed by atoms with Gasteiger partial charge in [0.05, 0.1) is 0 Å². The van der Waals surface area contributed by atoms with Crippen LogP contribution < -0.4 is 16.3 Å². The molecule has 0 saturated heterocycles. The van der Waals surface area contributed by atoms with Gasteiger partial charge in [0, 0.05) is 30.9 Å². The highest BCUT2D eigenvalue weighted by Gasteiger charge is 2.23. The highest BCUT2D eigenvalue weighted by molar-refractivity contribution is 5.47. The van der Waals surface area contributed by atoms with E-state index in [0.717, 1.165) is 42.6 Å². The summed E-state index contributed by atoms with van der Waals surface area (Å²) in [5, 5.41) is 6.49. The van der Waals surface area contributed by atoms with E-state index in [9.17, 15) is 4.79 Å². The number of hydrogen-bond acceptors (Lipinski definition) is 4. The van der Waals surface area contributed by atoms with Crippen LogP contribution >= 0.6 is 0 Å². The maximum absolute atomic E-state index is 11.3. The second kappa shape index (κ2) is 3.34. The minimum atomic E-state index is -0.254. The first kappa shape index (κ1) is 8.91. The summed E-state index contributed by atoms with van der Waals surface area (Å²) in [5.41, 5.74) is 1.85. The SMILES string of the molecule is O=c1nc(NCC2CC2)c2c([nH]1)CNC2. The molecule has 2 heterocycles. The minimum absolute atomic E-state index is 0.254. The minimum Gasteiger partial charge on any atom is -0.369 e. The lowest BCUT2D eigenvalue weighted by molar-refractivity contribution is 0.756. The van der Waals surface area contributed by atoms with Crippen LogP contribution in [0.15, 0.2) is 4.79 Å². The number of fused-ring (bicyclic) bond motifs is 1. The molecule has 2 aliphatic rings. The van der Waals surface area contributed by atoms with Crippen molar-refractivity contribution in [2.75, 3.05) is 11.9 Å². The van der Waals surface area contributed by atoms with E-state index in [1.54, 1.807) is 0 Å². The smallest absolute Gasteiger partial charge is 0.347 e. The number of H-pyrrole nitrogens is 1. The molecule has 0 atom stereocenters. The lowest BCUT2D eigenvalue weighted by atomic mass is 10.2. The third kappa shape index (κ3) is 1.74. The molecule has 5 nitrogen and oxygen atoms in total. The first-order chi connectivity index (χ1) is 7.33. The number of rotatable bonds is 3. The van der Waals surface area contributed by atoms with Crippen molar-refractivity contribution in [1.82, 2.24) is 15.3 Å². The number of hydrogen-bond donors (Lipinski definition) is 3. The average molecular weight is 206 g/mol. The van der Waals surface area contributed by atoms with E-state index in [1.165, 1.54) is 12.8 Å². The monoisotopic (exact) mass is 206 g/mol. The molecule has 1 fully saturated rings. The lowest BCUT2D eigenvalue weighted by Gasteiger charge is -2.07. The van der Waals surface area contributed by atoms with Gasteiger partial charge in [-0.25, -0.2) is 4.79 Å². The highest BCUT2D eigenvalue weighted by Crippen LogP contribution is 2.29. The molecule has 5 heteroatoms. The van der Waals surface area contributed by atoms with Crippen LogP contribution in [0.3, 0.4) is 0 Å². The maximum Gasteiger partial charge on any atom is 0.347 e. The van der Waals surface area contributed by atoms with Crippen molar-refractivity contribution in [2.45, 2.75) is 25.9 Å². The molecular formula is C10H14N4O. The number of aromatic nitrogens is 2. The molecule has 1 aromatic rings. The third-order valence-electron chi connectivity index (χ3n) is 2.98. The largest absolute Gasteiger partial charge is 0.369 e. The molecule has 0 bridgehead atoms. The fourth-order valence-corrected chi connectivity index (χ4v) is 1.91. The Morgan fingerprint density at radius 1 is 1.40 bits per heavy atom. The quantitative estimate of drug-likeness (QED) is 0.660. The van der Waals surface area contributed by atoms with Crippen molar-refractivity contribution >= 4 is 5.82 Å². The molecule has 1 aliphatic heterocycles. The third-order valence-corrected chi connectivity index (χ3v) is 2.98. The van der Waals surface area contributed by atoms with Gasteiger partial charge in [0.25, 0.3) is 0 Å². The van der Waals surface area contributed by atoms with E-state index in [0.29, 0.717) is 0 Å². The molecule has 1 aromatic heterocycles. The predicted octanol–water partition coefficient (Wildman–Crippen LogP) is 0.195. The van der Waals surface area contributed by atoms with Gasteiger partial charge in [0.1, 0.15) is 5.82 Å². The summed E-state index contributed by atoms with van der Waals surface area (Å²) < 4.78 is 0. The zero-order valence-corrected chi connectivity index (χ0v) is 8.47. The van der Waals surface area contributed by atoms with Crippen molar-refractivity contribution in [3.63, 3.8) is 0 Å². The van der Waals surface area contributed by atoms with Gasteiger partial charge in [-0.2, -0.15) is 4.98 Å². The fourth-order valence-electron chi connectivity index (χ4n) is 1.91. The molecule has 3 rings (SSSR count). The second-order valence-electron chi connectivity index (χ2n) is 4.28. The molecule has 15 heavy (non-hydrogen) atoms. The molecule has 0 aromatic carbocycles. The summed E-state index contributed by atoms with van der Waals surface area (Å²) in [5.74, 6) is 1.56. The van der Waals surface area contributed by atoms with Gasteiger partial charge in [0.2, 0.25) is 0 Å². The van der Waals surface area contributed by atoms with Crippen LogP contribution in [-0.4, -0.2) is 16.5 Å². The summed E-state index contributed by atoms with van der Waals surface area (Å²) >= 11 is 0. The van der Waals surface area contributed by atoms with E-state index in [-0.39, 0.29) is 5.69 Å². The molecule has 80 valence electrons. The Kier molecular flexibility index (Phi) is 1.98. The fraction of sp³-hybridized carbons (Fsp3) is 0.600. The Bertz CT molecular complexity index is 436. The van der Waals surface area contributed by atoms with E-state index in [2.05, 4.69) is 20.6 Å². The van der Waals surface area contributed by atoms with Gasteiger partial charge < -0.3 is 15.6 Å². The number of nitrogens with zero attached hydrogens (tertiary/aromatic N) is 1. The Morgan fingerprint density at radius 2 is 2.27 bits per heavy atom. The molecule has 0 unspecified atom stereocenters. The van der Waals surface area contributed by atoms with Gasteiger partial charge in [-0.3, -0.25) is 0 Å². The van der Waals surface area contributed by atoms with Crippen LogP contribution in [0.2, 0.25) is 0 Å². The van der Waals surface area contributed by atoms with Crippen LogP contribution in [0.1, 0.15) is 24.1 Å². The summed E-state index contributed by atoms with van der Waals surface area (Å²) in [4.78, 5) is 18.0. The van der Waals surface area contributed by atoms with Crippen molar-refractivity contribution < 1.29 is 0 Å². The normalized spacial score (nSPS) is 18.9. The first-order valence-corrected chi connectivity index (χ1v) is 5.39. The Labute approximate surface area is 87.3 Å². The molecular weight excluding hydrogens is 192 g/mol. The van der Waals surface area contributed by atoms with Gasteiger partial charge >= 0.3 is 5.69 Å². The van der Waals surface area contributed by atoms with Gasteiger partial charge in [-0.05, 0) is 18.8 Å². The molecule has 0 radical (unpaired) electrons. The summed E-state index contributed by atoms with van der Waals surface area (Å²) in [6.07, 6.45) is 2.60. The van der Waals surface area contributed by atoms with Crippen molar-refractivity contribution in [1.29, 1.82) is 0 Å². The highest BCUT2D eigenvalue weighted by atomic mass is 16.1. The summed E-state index contributed by atoms with van der Waals surface area (Å²) in [6.45, 7) is 2.49. The number of nitrogens with one attached hydrogen (secondary N) is 3. The van der Waals surface area contributed by atoms with Crippen LogP contribution in [-0.2, 0) is 13.1 Å². The van der Waals surface area contributed by atoms with E-state index in [1.807, 2.05) is 0 Å². The maximum atomic E-state index is 11.3. The van der Waals surface area contributed by atoms with Crippen LogP contribution in [0.4, 0.5) is 5.82 Å². The van der Waals surface area contributed by atoms with Crippen molar-refractivity contribution in [3.8, 4) is 0 Å². The molecule has 3 N–H and O–H groups in total. The van der Waals surface area contributed by atoms with Crippen LogP contribution in [0.25, 0.3) is 0 Å².